The first kappa shape index (κ1) is 12.6. The molecular formula is C11H22O2. The summed E-state index contributed by atoms with van der Waals surface area (Å²) >= 11 is 0. The van der Waals surface area contributed by atoms with Crippen LogP contribution in [0.4, 0.5) is 0 Å². The molecule has 0 radical (unpaired) electrons. The average Bonchev–Trinajstić information content (AvgIpc) is 2.14. The predicted octanol–water partition coefficient (Wildman–Crippen LogP) is 2.81. The molecule has 2 heteroatoms. The van der Waals surface area contributed by atoms with Gasteiger partial charge in [-0.15, -0.1) is 0 Å². The van der Waals surface area contributed by atoms with E-state index in [0.717, 1.165) is 32.5 Å². The Balaban J connectivity index is 3.48. The molecule has 0 aliphatic rings. The van der Waals surface area contributed by atoms with Crippen LogP contribution in [0.15, 0.2) is 0 Å². The lowest BCUT2D eigenvalue weighted by Gasteiger charge is -2.10. The number of ether oxygens (including phenoxy) is 1. The Kier molecular flexibility index (Phi) is 8.00. The van der Waals surface area contributed by atoms with Crippen LogP contribution in [-0.2, 0) is 9.53 Å². The molecule has 0 fully saturated rings. The van der Waals surface area contributed by atoms with Crippen LogP contribution in [0, 0.1) is 5.92 Å². The van der Waals surface area contributed by atoms with Gasteiger partial charge in [0.2, 0.25) is 0 Å². The van der Waals surface area contributed by atoms with Crippen LogP contribution < -0.4 is 0 Å². The van der Waals surface area contributed by atoms with E-state index in [1.165, 1.54) is 0 Å². The van der Waals surface area contributed by atoms with E-state index in [1.807, 2.05) is 6.92 Å². The molecule has 0 N–H and O–H groups in total. The van der Waals surface area contributed by atoms with Crippen molar-refractivity contribution in [2.24, 2.45) is 5.92 Å². The summed E-state index contributed by atoms with van der Waals surface area (Å²) in [7, 11) is 0. The van der Waals surface area contributed by atoms with Crippen LogP contribution >= 0.6 is 0 Å². The number of hydrogen-bond donors (Lipinski definition) is 0. The van der Waals surface area contributed by atoms with E-state index in [-0.39, 0.29) is 5.92 Å². The van der Waals surface area contributed by atoms with Gasteiger partial charge in [-0.3, -0.25) is 4.79 Å². The van der Waals surface area contributed by atoms with Gasteiger partial charge in [-0.1, -0.05) is 13.8 Å². The topological polar surface area (TPSA) is 26.3 Å². The lowest BCUT2D eigenvalue weighted by molar-refractivity contribution is -0.123. The van der Waals surface area contributed by atoms with E-state index in [0.29, 0.717) is 12.2 Å². The van der Waals surface area contributed by atoms with Crippen molar-refractivity contribution in [3.05, 3.63) is 0 Å². The lowest BCUT2D eigenvalue weighted by Crippen LogP contribution is -2.13. The van der Waals surface area contributed by atoms with Crippen molar-refractivity contribution in [1.29, 1.82) is 0 Å². The summed E-state index contributed by atoms with van der Waals surface area (Å²) in [5.41, 5.74) is 0. The van der Waals surface area contributed by atoms with Gasteiger partial charge in [0.15, 0.2) is 0 Å². The molecule has 0 rings (SSSR count). The molecule has 0 atom stereocenters. The molecule has 0 unspecified atom stereocenters. The summed E-state index contributed by atoms with van der Waals surface area (Å²) < 4.78 is 5.18. The van der Waals surface area contributed by atoms with Crippen molar-refractivity contribution in [1.82, 2.24) is 0 Å². The monoisotopic (exact) mass is 186 g/mol. The van der Waals surface area contributed by atoms with E-state index < -0.39 is 0 Å². The van der Waals surface area contributed by atoms with Crippen LogP contribution in [-0.4, -0.2) is 19.0 Å². The van der Waals surface area contributed by atoms with Crippen molar-refractivity contribution in [2.75, 3.05) is 13.2 Å². The first-order chi connectivity index (χ1) is 6.26. The highest BCUT2D eigenvalue weighted by Crippen LogP contribution is 2.12. The quantitative estimate of drug-likeness (QED) is 0.545. The summed E-state index contributed by atoms with van der Waals surface area (Å²) in [6, 6.07) is 0. The lowest BCUT2D eigenvalue weighted by atomic mass is 9.95. The first-order valence-electron chi connectivity index (χ1n) is 5.36. The third-order valence-electron chi connectivity index (χ3n) is 2.36. The number of carbonyl (C=O) groups is 1. The molecule has 13 heavy (non-hydrogen) atoms. The molecule has 0 aromatic heterocycles. The summed E-state index contributed by atoms with van der Waals surface area (Å²) in [6.45, 7) is 7.60. The van der Waals surface area contributed by atoms with Crippen LogP contribution in [0.3, 0.4) is 0 Å². The maximum absolute atomic E-state index is 11.5. The Morgan fingerprint density at radius 1 is 1.23 bits per heavy atom. The number of Topliss-reactive ketones (excluding diaryl/α,β-unsaturated/α-hetero) is 1. The minimum Gasteiger partial charge on any atom is -0.382 e. The van der Waals surface area contributed by atoms with E-state index in [4.69, 9.17) is 4.74 Å². The summed E-state index contributed by atoms with van der Waals surface area (Å²) in [5.74, 6) is 0.686. The van der Waals surface area contributed by atoms with Crippen molar-refractivity contribution in [3.8, 4) is 0 Å². The Hall–Kier alpha value is -0.370. The highest BCUT2D eigenvalue weighted by Gasteiger charge is 2.12. The first-order valence-corrected chi connectivity index (χ1v) is 5.36. The zero-order valence-electron chi connectivity index (χ0n) is 9.14. The Morgan fingerprint density at radius 2 is 1.85 bits per heavy atom. The van der Waals surface area contributed by atoms with Gasteiger partial charge in [-0.05, 0) is 26.2 Å². The van der Waals surface area contributed by atoms with Gasteiger partial charge in [0.05, 0.1) is 0 Å². The van der Waals surface area contributed by atoms with Crippen LogP contribution in [0.25, 0.3) is 0 Å². The van der Waals surface area contributed by atoms with Gasteiger partial charge in [0.1, 0.15) is 5.78 Å². The molecule has 0 aliphatic carbocycles. The number of rotatable bonds is 8. The average molecular weight is 186 g/mol. The molecule has 0 saturated heterocycles. The van der Waals surface area contributed by atoms with Gasteiger partial charge < -0.3 is 4.74 Å². The van der Waals surface area contributed by atoms with Crippen molar-refractivity contribution >= 4 is 5.78 Å². The number of ketones is 1. The van der Waals surface area contributed by atoms with Crippen LogP contribution in [0.2, 0.25) is 0 Å². The fourth-order valence-corrected chi connectivity index (χ4v) is 1.44. The minimum absolute atomic E-state index is 0.279. The molecule has 0 aliphatic heterocycles. The Morgan fingerprint density at radius 3 is 2.31 bits per heavy atom. The Labute approximate surface area is 81.7 Å². The predicted molar refractivity (Wildman–Crippen MR) is 54.8 cm³/mol. The van der Waals surface area contributed by atoms with Crippen molar-refractivity contribution < 1.29 is 9.53 Å². The van der Waals surface area contributed by atoms with Gasteiger partial charge in [-0.25, -0.2) is 0 Å². The smallest absolute Gasteiger partial charge is 0.136 e. The highest BCUT2D eigenvalue weighted by atomic mass is 16.5. The second-order valence-electron chi connectivity index (χ2n) is 3.28. The standard InChI is InChI=1S/C11H22O2/c1-4-10(5-2)11(12)8-7-9-13-6-3/h10H,4-9H2,1-3H3. The minimum atomic E-state index is 0.279. The van der Waals surface area contributed by atoms with Crippen LogP contribution in [0.1, 0.15) is 46.5 Å². The maximum Gasteiger partial charge on any atom is 0.136 e. The fourth-order valence-electron chi connectivity index (χ4n) is 1.44. The molecule has 0 saturated carbocycles. The second kappa shape index (κ2) is 8.24. The highest BCUT2D eigenvalue weighted by molar-refractivity contribution is 5.80. The molecule has 2 nitrogen and oxygen atoms in total. The van der Waals surface area contributed by atoms with E-state index in [1.54, 1.807) is 0 Å². The zero-order chi connectivity index (χ0) is 10.1. The van der Waals surface area contributed by atoms with Crippen molar-refractivity contribution in [3.63, 3.8) is 0 Å². The van der Waals surface area contributed by atoms with E-state index in [9.17, 15) is 4.79 Å². The number of hydrogen-bond acceptors (Lipinski definition) is 2. The summed E-state index contributed by atoms with van der Waals surface area (Å²) in [5, 5.41) is 0. The number of carbonyl (C=O) groups excluding carboxylic acids is 1. The zero-order valence-corrected chi connectivity index (χ0v) is 9.14. The normalized spacial score (nSPS) is 10.8. The van der Waals surface area contributed by atoms with Crippen molar-refractivity contribution in [2.45, 2.75) is 46.5 Å². The third kappa shape index (κ3) is 5.81. The van der Waals surface area contributed by atoms with Crippen LogP contribution in [0.5, 0.6) is 0 Å². The maximum atomic E-state index is 11.5. The molecule has 0 heterocycles. The largest absolute Gasteiger partial charge is 0.382 e. The molecule has 0 aromatic carbocycles. The van der Waals surface area contributed by atoms with Gasteiger partial charge in [0, 0.05) is 25.6 Å². The molecule has 0 aromatic rings. The second-order valence-corrected chi connectivity index (χ2v) is 3.28. The van der Waals surface area contributed by atoms with Gasteiger partial charge >= 0.3 is 0 Å². The van der Waals surface area contributed by atoms with Gasteiger partial charge in [0.25, 0.3) is 0 Å². The van der Waals surface area contributed by atoms with Gasteiger partial charge in [-0.2, -0.15) is 0 Å². The van der Waals surface area contributed by atoms with E-state index in [2.05, 4.69) is 13.8 Å². The third-order valence-corrected chi connectivity index (χ3v) is 2.36. The fraction of sp³-hybridized carbons (Fsp3) is 0.909. The molecule has 78 valence electrons. The molecule has 0 spiro atoms. The molecule has 0 bridgehead atoms. The summed E-state index contributed by atoms with van der Waals surface area (Å²) in [6.07, 6.45) is 3.52. The molecular weight excluding hydrogens is 164 g/mol. The van der Waals surface area contributed by atoms with E-state index >= 15 is 0 Å². The SMILES string of the molecule is CCOCCCC(=O)C(CC)CC. The summed E-state index contributed by atoms with van der Waals surface area (Å²) in [4.78, 5) is 11.5. The Bertz CT molecular complexity index is 128. The molecule has 0 amide bonds.